The molecule has 0 atom stereocenters. The number of hydrogen-bond donors (Lipinski definition) is 0. The number of benzene rings is 1. The summed E-state index contributed by atoms with van der Waals surface area (Å²) in [6.07, 6.45) is 1.72. The summed E-state index contributed by atoms with van der Waals surface area (Å²) >= 11 is 0. The molecule has 6 heteroatoms. The van der Waals surface area contributed by atoms with Crippen LogP contribution in [0.4, 0.5) is 5.69 Å². The van der Waals surface area contributed by atoms with Crippen molar-refractivity contribution in [2.45, 2.75) is 6.92 Å². The molecule has 0 saturated heterocycles. The van der Waals surface area contributed by atoms with Gasteiger partial charge in [0.25, 0.3) is 12.2 Å². The zero-order chi connectivity index (χ0) is 13.4. The zero-order valence-electron chi connectivity index (χ0n) is 9.87. The third kappa shape index (κ3) is 4.65. The molecule has 6 nitrogen and oxygen atoms in total. The highest BCUT2D eigenvalue weighted by Gasteiger charge is 2.04. The molecule has 0 bridgehead atoms. The van der Waals surface area contributed by atoms with Gasteiger partial charge in [0.1, 0.15) is 19.0 Å². The topological polar surface area (TPSA) is 78.7 Å². The van der Waals surface area contributed by atoms with Crippen molar-refractivity contribution in [1.82, 2.24) is 0 Å². The fourth-order valence-corrected chi connectivity index (χ4v) is 1.15. The number of nitrogens with zero attached hydrogens (tertiary/aromatic N) is 1. The van der Waals surface area contributed by atoms with E-state index in [1.54, 1.807) is 6.08 Å². The van der Waals surface area contributed by atoms with Gasteiger partial charge in [-0.2, -0.15) is 0 Å². The number of hydrogen-bond acceptors (Lipinski definition) is 5. The van der Waals surface area contributed by atoms with E-state index in [1.807, 2.05) is 6.92 Å². The molecule has 96 valence electrons. The van der Waals surface area contributed by atoms with Gasteiger partial charge in [-0.1, -0.05) is 0 Å². The first kappa shape index (κ1) is 13.7. The first-order valence-electron chi connectivity index (χ1n) is 5.21. The van der Waals surface area contributed by atoms with Gasteiger partial charge in [-0.05, 0) is 30.7 Å². The molecular weight excluding hydrogens is 238 g/mol. The Bertz CT molecular complexity index is 438. The van der Waals surface area contributed by atoms with Gasteiger partial charge in [0.05, 0.1) is 4.92 Å². The van der Waals surface area contributed by atoms with Crippen molar-refractivity contribution in [2.75, 3.05) is 13.2 Å². The van der Waals surface area contributed by atoms with Crippen LogP contribution in [0.3, 0.4) is 0 Å². The molecule has 1 aromatic rings. The Morgan fingerprint density at radius 1 is 1.39 bits per heavy atom. The van der Waals surface area contributed by atoms with Crippen LogP contribution in [0.1, 0.15) is 6.92 Å². The fourth-order valence-electron chi connectivity index (χ4n) is 1.15. The Morgan fingerprint density at radius 3 is 2.61 bits per heavy atom. The van der Waals surface area contributed by atoms with Crippen molar-refractivity contribution < 1.29 is 19.2 Å². The van der Waals surface area contributed by atoms with E-state index in [0.29, 0.717) is 18.8 Å². The van der Waals surface area contributed by atoms with Crippen molar-refractivity contribution in [3.8, 4) is 5.75 Å². The molecule has 0 amide bonds. The lowest BCUT2D eigenvalue weighted by Crippen LogP contribution is -2.00. The molecule has 18 heavy (non-hydrogen) atoms. The molecule has 0 fully saturated rings. The zero-order valence-corrected chi connectivity index (χ0v) is 9.87. The van der Waals surface area contributed by atoms with E-state index < -0.39 is 4.92 Å². The van der Waals surface area contributed by atoms with Crippen LogP contribution in [-0.4, -0.2) is 24.6 Å². The molecule has 0 aliphatic rings. The normalized spacial score (nSPS) is 10.8. The minimum Gasteiger partial charge on any atom is -0.489 e. The van der Waals surface area contributed by atoms with E-state index >= 15 is 0 Å². The molecule has 0 aliphatic heterocycles. The monoisotopic (exact) mass is 251 g/mol. The van der Waals surface area contributed by atoms with Crippen molar-refractivity contribution in [3.05, 3.63) is 46.0 Å². The van der Waals surface area contributed by atoms with Gasteiger partial charge in [-0.25, -0.2) is 0 Å². The van der Waals surface area contributed by atoms with Crippen molar-refractivity contribution in [1.29, 1.82) is 0 Å². The predicted octanol–water partition coefficient (Wildman–Crippen LogP) is 2.09. The molecule has 0 aliphatic carbocycles. The number of carbonyl (C=O) groups is 1. The number of nitro benzene ring substituents is 1. The maximum absolute atomic E-state index is 10.4. The summed E-state index contributed by atoms with van der Waals surface area (Å²) in [6, 6.07) is 5.83. The summed E-state index contributed by atoms with van der Waals surface area (Å²) in [5.74, 6) is 0.546. The van der Waals surface area contributed by atoms with Gasteiger partial charge in [0, 0.05) is 12.1 Å². The van der Waals surface area contributed by atoms with Crippen LogP contribution in [0.25, 0.3) is 0 Å². The molecule has 1 aromatic carbocycles. The quantitative estimate of drug-likeness (QED) is 0.244. The smallest absolute Gasteiger partial charge is 0.293 e. The van der Waals surface area contributed by atoms with Gasteiger partial charge >= 0.3 is 0 Å². The second kappa shape index (κ2) is 7.05. The van der Waals surface area contributed by atoms with Crippen LogP contribution < -0.4 is 4.74 Å². The minimum absolute atomic E-state index is 0.0222. The van der Waals surface area contributed by atoms with Crippen LogP contribution in [-0.2, 0) is 9.53 Å². The predicted molar refractivity (Wildman–Crippen MR) is 64.4 cm³/mol. The lowest BCUT2D eigenvalue weighted by atomic mass is 10.3. The Hall–Kier alpha value is -2.37. The van der Waals surface area contributed by atoms with Gasteiger partial charge in [-0.15, -0.1) is 0 Å². The Kier molecular flexibility index (Phi) is 5.37. The van der Waals surface area contributed by atoms with Gasteiger partial charge in [0.15, 0.2) is 0 Å². The number of non-ortho nitro benzene ring substituents is 1. The second-order valence-corrected chi connectivity index (χ2v) is 3.52. The summed E-state index contributed by atoms with van der Waals surface area (Å²) in [5.41, 5.74) is 0.921. The number of carbonyl (C=O) groups excluding carboxylic acids is 1. The molecule has 0 unspecified atom stereocenters. The SMILES string of the molecule is CC(=CCOC=O)COc1ccc([N+](=O)[O-])cc1. The molecule has 0 heterocycles. The lowest BCUT2D eigenvalue weighted by molar-refractivity contribution is -0.384. The molecule has 0 spiro atoms. The average Bonchev–Trinajstić information content (AvgIpc) is 2.37. The maximum Gasteiger partial charge on any atom is 0.293 e. The van der Waals surface area contributed by atoms with E-state index in [0.717, 1.165) is 5.57 Å². The summed E-state index contributed by atoms with van der Waals surface area (Å²) in [7, 11) is 0. The number of nitro groups is 1. The van der Waals surface area contributed by atoms with Crippen molar-refractivity contribution >= 4 is 12.2 Å². The summed E-state index contributed by atoms with van der Waals surface area (Å²) in [5, 5.41) is 10.4. The third-order valence-corrected chi connectivity index (χ3v) is 2.11. The minimum atomic E-state index is -0.467. The highest BCUT2D eigenvalue weighted by molar-refractivity contribution is 5.37. The maximum atomic E-state index is 10.4. The third-order valence-electron chi connectivity index (χ3n) is 2.11. The van der Waals surface area contributed by atoms with Crippen molar-refractivity contribution in [2.24, 2.45) is 0 Å². The summed E-state index contributed by atoms with van der Waals surface area (Å²) in [6.45, 7) is 2.75. The van der Waals surface area contributed by atoms with Crippen LogP contribution in [0, 0.1) is 10.1 Å². The number of ether oxygens (including phenoxy) is 2. The molecular formula is C12H13NO5. The molecule has 1 rings (SSSR count). The van der Waals surface area contributed by atoms with Gasteiger partial charge in [0.2, 0.25) is 0 Å². The highest BCUT2D eigenvalue weighted by Crippen LogP contribution is 2.17. The van der Waals surface area contributed by atoms with E-state index in [1.165, 1.54) is 24.3 Å². The van der Waals surface area contributed by atoms with E-state index in [2.05, 4.69) is 4.74 Å². The second-order valence-electron chi connectivity index (χ2n) is 3.52. The molecule has 0 N–H and O–H groups in total. The van der Waals surface area contributed by atoms with Crippen LogP contribution in [0.15, 0.2) is 35.9 Å². The lowest BCUT2D eigenvalue weighted by Gasteiger charge is -2.06. The van der Waals surface area contributed by atoms with Crippen molar-refractivity contribution in [3.63, 3.8) is 0 Å². The fraction of sp³-hybridized carbons (Fsp3) is 0.250. The van der Waals surface area contributed by atoms with E-state index in [9.17, 15) is 14.9 Å². The van der Waals surface area contributed by atoms with Crippen LogP contribution >= 0.6 is 0 Å². The van der Waals surface area contributed by atoms with Gasteiger partial charge < -0.3 is 9.47 Å². The van der Waals surface area contributed by atoms with Crippen LogP contribution in [0.5, 0.6) is 5.75 Å². The Labute approximate surface area is 104 Å². The van der Waals surface area contributed by atoms with Gasteiger partial charge in [-0.3, -0.25) is 14.9 Å². The molecule has 0 saturated carbocycles. The standard InChI is InChI=1S/C12H13NO5/c1-10(6-7-17-9-14)8-18-12-4-2-11(3-5-12)13(15)16/h2-6,9H,7-8H2,1H3. The Balaban J connectivity index is 2.45. The summed E-state index contributed by atoms with van der Waals surface area (Å²) < 4.78 is 9.91. The summed E-state index contributed by atoms with van der Waals surface area (Å²) in [4.78, 5) is 19.9. The first-order chi connectivity index (χ1) is 8.63. The Morgan fingerprint density at radius 2 is 2.06 bits per heavy atom. The van der Waals surface area contributed by atoms with E-state index in [4.69, 9.17) is 4.74 Å². The molecule has 0 aromatic heterocycles. The first-order valence-corrected chi connectivity index (χ1v) is 5.21. The average molecular weight is 251 g/mol. The van der Waals surface area contributed by atoms with Crippen LogP contribution in [0.2, 0.25) is 0 Å². The largest absolute Gasteiger partial charge is 0.489 e. The number of rotatable bonds is 7. The van der Waals surface area contributed by atoms with E-state index in [-0.39, 0.29) is 12.3 Å². The molecule has 0 radical (unpaired) electrons. The highest BCUT2D eigenvalue weighted by atomic mass is 16.6.